The molecule has 0 aliphatic heterocycles. The Bertz CT molecular complexity index is 382. The fraction of sp³-hybridized carbons (Fsp3) is 0.800. The number of carbonyl (C=O) groups excluding carboxylic acids is 2. The second-order valence-electron chi connectivity index (χ2n) is 6.35. The Kier molecular flexibility index (Phi) is 7.39. The third-order valence-electron chi connectivity index (χ3n) is 3.11. The van der Waals surface area contributed by atoms with Gasteiger partial charge in [0.25, 0.3) is 0 Å². The van der Waals surface area contributed by atoms with E-state index in [1.807, 2.05) is 20.8 Å². The Morgan fingerprint density at radius 1 is 0.952 bits per heavy atom. The lowest BCUT2D eigenvalue weighted by Crippen LogP contribution is -2.41. The molecule has 0 saturated heterocycles. The van der Waals surface area contributed by atoms with Crippen molar-refractivity contribution < 1.29 is 29.0 Å². The van der Waals surface area contributed by atoms with E-state index in [2.05, 4.69) is 0 Å². The molecular formula is C15H26O6. The van der Waals surface area contributed by atoms with E-state index in [1.165, 1.54) is 0 Å². The second-order valence-corrected chi connectivity index (χ2v) is 6.35. The molecule has 0 spiro atoms. The molecule has 122 valence electrons. The minimum atomic E-state index is -1.39. The predicted octanol–water partition coefficient (Wildman–Crippen LogP) is 2.40. The lowest BCUT2D eigenvalue weighted by atomic mass is 9.87. The zero-order valence-electron chi connectivity index (χ0n) is 13.5. The summed E-state index contributed by atoms with van der Waals surface area (Å²) in [5.74, 6) is -2.07. The maximum absolute atomic E-state index is 11.7. The van der Waals surface area contributed by atoms with Crippen LogP contribution in [-0.4, -0.2) is 36.2 Å². The van der Waals surface area contributed by atoms with Crippen LogP contribution in [0.4, 0.5) is 0 Å². The van der Waals surface area contributed by atoms with Gasteiger partial charge in [-0.05, 0) is 11.8 Å². The van der Waals surface area contributed by atoms with Crippen LogP contribution in [0, 0.1) is 10.8 Å². The Morgan fingerprint density at radius 2 is 1.43 bits per heavy atom. The molecule has 0 bridgehead atoms. The van der Waals surface area contributed by atoms with Crippen LogP contribution < -0.4 is 0 Å². The normalized spacial score (nSPS) is 14.1. The summed E-state index contributed by atoms with van der Waals surface area (Å²) in [4.78, 5) is 34.4. The smallest absolute Gasteiger partial charge is 0.316 e. The Labute approximate surface area is 125 Å². The summed E-state index contributed by atoms with van der Waals surface area (Å²) in [5, 5.41) is 9.37. The standard InChI is InChI=1S/C15H26O6/c1-6-11(16)20-9-15(7-2,13(18)19)10-21-12(17)8-14(3,4)5/h6-10H2,1-5H3,(H,18,19). The zero-order valence-corrected chi connectivity index (χ0v) is 13.5. The molecule has 0 aromatic carbocycles. The molecule has 0 fully saturated rings. The van der Waals surface area contributed by atoms with E-state index in [4.69, 9.17) is 9.47 Å². The SMILES string of the molecule is CCC(=O)OCC(CC)(COC(=O)CC(C)(C)C)C(=O)O. The van der Waals surface area contributed by atoms with Crippen molar-refractivity contribution >= 4 is 17.9 Å². The van der Waals surface area contributed by atoms with Crippen LogP contribution in [0.25, 0.3) is 0 Å². The molecular weight excluding hydrogens is 276 g/mol. The fourth-order valence-corrected chi connectivity index (χ4v) is 1.54. The van der Waals surface area contributed by atoms with Gasteiger partial charge in [0.1, 0.15) is 18.6 Å². The number of rotatable bonds is 8. The summed E-state index contributed by atoms with van der Waals surface area (Å²) in [6.07, 6.45) is 0.562. The number of hydrogen-bond donors (Lipinski definition) is 1. The molecule has 0 heterocycles. The Morgan fingerprint density at radius 3 is 1.76 bits per heavy atom. The van der Waals surface area contributed by atoms with E-state index >= 15 is 0 Å². The second kappa shape index (κ2) is 8.00. The minimum absolute atomic E-state index is 0.170. The highest BCUT2D eigenvalue weighted by molar-refractivity contribution is 5.77. The van der Waals surface area contributed by atoms with E-state index in [9.17, 15) is 19.5 Å². The lowest BCUT2D eigenvalue weighted by Gasteiger charge is -2.27. The van der Waals surface area contributed by atoms with Crippen molar-refractivity contribution in [2.75, 3.05) is 13.2 Å². The van der Waals surface area contributed by atoms with Gasteiger partial charge in [-0.2, -0.15) is 0 Å². The lowest BCUT2D eigenvalue weighted by molar-refractivity contribution is -0.168. The first kappa shape index (κ1) is 19.4. The molecule has 6 heteroatoms. The van der Waals surface area contributed by atoms with Gasteiger partial charge in [0, 0.05) is 6.42 Å². The van der Waals surface area contributed by atoms with Crippen molar-refractivity contribution in [2.24, 2.45) is 10.8 Å². The van der Waals surface area contributed by atoms with Crippen LogP contribution in [0.2, 0.25) is 0 Å². The molecule has 0 aliphatic rings. The van der Waals surface area contributed by atoms with Crippen molar-refractivity contribution in [1.82, 2.24) is 0 Å². The van der Waals surface area contributed by atoms with Crippen molar-refractivity contribution in [3.05, 3.63) is 0 Å². The molecule has 0 rings (SSSR count). The number of carbonyl (C=O) groups is 3. The molecule has 0 amide bonds. The van der Waals surface area contributed by atoms with Gasteiger partial charge in [0.2, 0.25) is 0 Å². The average molecular weight is 302 g/mol. The molecule has 1 N–H and O–H groups in total. The molecule has 6 nitrogen and oxygen atoms in total. The van der Waals surface area contributed by atoms with E-state index in [-0.39, 0.29) is 37.9 Å². The van der Waals surface area contributed by atoms with Gasteiger partial charge < -0.3 is 14.6 Å². The van der Waals surface area contributed by atoms with Gasteiger partial charge in [-0.3, -0.25) is 14.4 Å². The Balaban J connectivity index is 4.73. The first-order valence-corrected chi connectivity index (χ1v) is 7.11. The van der Waals surface area contributed by atoms with Crippen LogP contribution in [0.3, 0.4) is 0 Å². The van der Waals surface area contributed by atoms with E-state index in [1.54, 1.807) is 13.8 Å². The molecule has 0 aromatic heterocycles. The zero-order chi connectivity index (χ0) is 16.7. The van der Waals surface area contributed by atoms with Crippen LogP contribution in [0.5, 0.6) is 0 Å². The number of esters is 2. The minimum Gasteiger partial charge on any atom is -0.481 e. The van der Waals surface area contributed by atoms with Crippen LogP contribution in [0.1, 0.15) is 53.9 Å². The maximum Gasteiger partial charge on any atom is 0.316 e. The first-order valence-electron chi connectivity index (χ1n) is 7.11. The number of ether oxygens (including phenoxy) is 2. The number of carboxylic acid groups (broad SMARTS) is 1. The van der Waals surface area contributed by atoms with E-state index < -0.39 is 23.3 Å². The fourth-order valence-electron chi connectivity index (χ4n) is 1.54. The number of hydrogen-bond acceptors (Lipinski definition) is 5. The maximum atomic E-state index is 11.7. The molecule has 21 heavy (non-hydrogen) atoms. The summed E-state index contributed by atoms with van der Waals surface area (Å²) in [6.45, 7) is 8.36. The number of carboxylic acids is 1. The van der Waals surface area contributed by atoms with E-state index in [0.29, 0.717) is 0 Å². The molecule has 0 aliphatic carbocycles. The van der Waals surface area contributed by atoms with Gasteiger partial charge in [-0.25, -0.2) is 0 Å². The average Bonchev–Trinajstić information content (AvgIpc) is 2.36. The van der Waals surface area contributed by atoms with Crippen molar-refractivity contribution in [3.8, 4) is 0 Å². The quantitative estimate of drug-likeness (QED) is 0.692. The first-order chi connectivity index (χ1) is 9.56. The molecule has 1 unspecified atom stereocenters. The van der Waals surface area contributed by atoms with Crippen molar-refractivity contribution in [1.29, 1.82) is 0 Å². The molecule has 0 aromatic rings. The van der Waals surface area contributed by atoms with Gasteiger partial charge in [0.05, 0.1) is 6.42 Å². The van der Waals surface area contributed by atoms with Crippen molar-refractivity contribution in [3.63, 3.8) is 0 Å². The van der Waals surface area contributed by atoms with Crippen LogP contribution in [-0.2, 0) is 23.9 Å². The Hall–Kier alpha value is -1.59. The highest BCUT2D eigenvalue weighted by atomic mass is 16.6. The third kappa shape index (κ3) is 7.11. The summed E-state index contributed by atoms with van der Waals surface area (Å²) in [7, 11) is 0. The van der Waals surface area contributed by atoms with Crippen molar-refractivity contribution in [2.45, 2.75) is 53.9 Å². The predicted molar refractivity (Wildman–Crippen MR) is 76.6 cm³/mol. The van der Waals surface area contributed by atoms with E-state index in [0.717, 1.165) is 0 Å². The van der Waals surface area contributed by atoms with Gasteiger partial charge in [-0.1, -0.05) is 34.6 Å². The van der Waals surface area contributed by atoms with Gasteiger partial charge in [0.15, 0.2) is 0 Å². The van der Waals surface area contributed by atoms with Gasteiger partial charge >= 0.3 is 17.9 Å². The molecule has 0 radical (unpaired) electrons. The highest BCUT2D eigenvalue weighted by Gasteiger charge is 2.40. The molecule has 0 saturated carbocycles. The number of aliphatic carboxylic acids is 1. The summed E-state index contributed by atoms with van der Waals surface area (Å²) >= 11 is 0. The third-order valence-corrected chi connectivity index (χ3v) is 3.11. The summed E-state index contributed by atoms with van der Waals surface area (Å²) in [6, 6.07) is 0. The highest BCUT2D eigenvalue weighted by Crippen LogP contribution is 2.25. The monoisotopic (exact) mass is 302 g/mol. The van der Waals surface area contributed by atoms with Crippen LogP contribution in [0.15, 0.2) is 0 Å². The van der Waals surface area contributed by atoms with Crippen LogP contribution >= 0.6 is 0 Å². The van der Waals surface area contributed by atoms with Gasteiger partial charge in [-0.15, -0.1) is 0 Å². The topological polar surface area (TPSA) is 89.9 Å². The molecule has 1 atom stereocenters. The summed E-state index contributed by atoms with van der Waals surface area (Å²) < 4.78 is 10.0. The largest absolute Gasteiger partial charge is 0.481 e. The summed E-state index contributed by atoms with van der Waals surface area (Å²) in [5.41, 5.74) is -1.62.